The van der Waals surface area contributed by atoms with Gasteiger partial charge in [-0.15, -0.1) is 5.10 Å². The largest absolute Gasteiger partial charge is 0.377 e. The van der Waals surface area contributed by atoms with E-state index in [4.69, 9.17) is 4.74 Å². The highest BCUT2D eigenvalue weighted by Gasteiger charge is 2.30. The van der Waals surface area contributed by atoms with Crippen LogP contribution in [0.3, 0.4) is 0 Å². The Bertz CT molecular complexity index is 871. The Labute approximate surface area is 145 Å². The van der Waals surface area contributed by atoms with Gasteiger partial charge in [-0.2, -0.15) is 0 Å². The molecule has 3 heterocycles. The lowest BCUT2D eigenvalue weighted by molar-refractivity contribution is -0.00463. The molecule has 128 valence electrons. The topological polar surface area (TPSA) is 65.2 Å². The minimum absolute atomic E-state index is 0.00327. The van der Waals surface area contributed by atoms with Gasteiger partial charge < -0.3 is 14.2 Å². The zero-order valence-corrected chi connectivity index (χ0v) is 13.9. The van der Waals surface area contributed by atoms with E-state index in [1.807, 2.05) is 59.1 Å². The molecule has 1 fully saturated rings. The molecule has 25 heavy (non-hydrogen) atoms. The van der Waals surface area contributed by atoms with Crippen LogP contribution in [0, 0.1) is 0 Å². The molecule has 1 saturated heterocycles. The lowest BCUT2D eigenvalue weighted by atomic mass is 10.1. The summed E-state index contributed by atoms with van der Waals surface area (Å²) in [5.41, 5.74) is 2.52. The van der Waals surface area contributed by atoms with Crippen LogP contribution in [0.25, 0.3) is 5.69 Å². The van der Waals surface area contributed by atoms with E-state index in [1.165, 1.54) is 0 Å². The van der Waals surface area contributed by atoms with E-state index in [0.717, 1.165) is 11.4 Å². The van der Waals surface area contributed by atoms with Gasteiger partial charge in [0.05, 0.1) is 37.3 Å². The number of carbonyl (C=O) groups excluding carboxylic acids is 1. The number of ether oxygens (including phenoxy) is 1. The number of amides is 1. The van der Waals surface area contributed by atoms with Crippen molar-refractivity contribution in [3.05, 3.63) is 66.2 Å². The molecule has 4 rings (SSSR count). The van der Waals surface area contributed by atoms with Gasteiger partial charge in [0, 0.05) is 31.0 Å². The first kappa shape index (κ1) is 15.6. The summed E-state index contributed by atoms with van der Waals surface area (Å²) in [5, 5.41) is 7.80. The average molecular weight is 337 g/mol. The van der Waals surface area contributed by atoms with Crippen LogP contribution < -0.4 is 0 Å². The molecule has 3 aromatic rings. The van der Waals surface area contributed by atoms with Gasteiger partial charge in [0.25, 0.3) is 5.91 Å². The summed E-state index contributed by atoms with van der Waals surface area (Å²) in [7, 11) is 1.98. The van der Waals surface area contributed by atoms with Crippen LogP contribution in [0.4, 0.5) is 0 Å². The standard InChI is InChI=1S/C18H19N5O2/c1-21-8-3-6-16(21)17-13-25-11-10-22(17)18(24)14-4-2-5-15(12-14)23-9-7-19-20-23/h2-9,12,17H,10-11,13H2,1H3/t17-/m0/s1. The summed E-state index contributed by atoms with van der Waals surface area (Å²) >= 11 is 0. The highest BCUT2D eigenvalue weighted by molar-refractivity contribution is 5.95. The second kappa shape index (κ2) is 6.52. The Morgan fingerprint density at radius 1 is 1.24 bits per heavy atom. The van der Waals surface area contributed by atoms with E-state index in [1.54, 1.807) is 17.1 Å². The first-order valence-electron chi connectivity index (χ1n) is 8.21. The van der Waals surface area contributed by atoms with Crippen LogP contribution in [0.1, 0.15) is 22.1 Å². The lowest BCUT2D eigenvalue weighted by Crippen LogP contribution is -2.44. The quantitative estimate of drug-likeness (QED) is 0.731. The van der Waals surface area contributed by atoms with Crippen molar-refractivity contribution in [3.8, 4) is 5.69 Å². The van der Waals surface area contributed by atoms with Gasteiger partial charge in [0.15, 0.2) is 0 Å². The smallest absolute Gasteiger partial charge is 0.254 e. The van der Waals surface area contributed by atoms with Crippen LogP contribution >= 0.6 is 0 Å². The molecule has 1 amide bonds. The molecule has 0 aliphatic carbocycles. The highest BCUT2D eigenvalue weighted by atomic mass is 16.5. The molecule has 1 aliphatic heterocycles. The second-order valence-electron chi connectivity index (χ2n) is 6.03. The molecule has 0 saturated carbocycles. The normalized spacial score (nSPS) is 17.6. The van der Waals surface area contributed by atoms with Crippen molar-refractivity contribution in [2.45, 2.75) is 6.04 Å². The van der Waals surface area contributed by atoms with Crippen LogP contribution in [0.5, 0.6) is 0 Å². The number of rotatable bonds is 3. The third-order valence-electron chi connectivity index (χ3n) is 4.49. The molecule has 0 spiro atoms. The van der Waals surface area contributed by atoms with Crippen LogP contribution in [-0.2, 0) is 11.8 Å². The van der Waals surface area contributed by atoms with Crippen LogP contribution in [0.2, 0.25) is 0 Å². The predicted octanol–water partition coefficient (Wildman–Crippen LogP) is 1.82. The summed E-state index contributed by atoms with van der Waals surface area (Å²) < 4.78 is 9.31. The molecule has 7 nitrogen and oxygen atoms in total. The number of benzene rings is 1. The van der Waals surface area contributed by atoms with Crippen molar-refractivity contribution < 1.29 is 9.53 Å². The molecular formula is C18H19N5O2. The fourth-order valence-corrected chi connectivity index (χ4v) is 3.21. The number of aryl methyl sites for hydroxylation is 1. The monoisotopic (exact) mass is 337 g/mol. The minimum atomic E-state index is -0.0868. The van der Waals surface area contributed by atoms with E-state index in [-0.39, 0.29) is 11.9 Å². The van der Waals surface area contributed by atoms with Gasteiger partial charge in [0.1, 0.15) is 0 Å². The number of morpholine rings is 1. The molecule has 2 aromatic heterocycles. The number of hydrogen-bond acceptors (Lipinski definition) is 4. The number of nitrogens with zero attached hydrogens (tertiary/aromatic N) is 5. The van der Waals surface area contributed by atoms with E-state index >= 15 is 0 Å². The number of hydrogen-bond donors (Lipinski definition) is 0. The highest BCUT2D eigenvalue weighted by Crippen LogP contribution is 2.26. The molecule has 0 bridgehead atoms. The molecule has 1 aliphatic rings. The van der Waals surface area contributed by atoms with Crippen molar-refractivity contribution in [1.82, 2.24) is 24.5 Å². The van der Waals surface area contributed by atoms with E-state index < -0.39 is 0 Å². The molecule has 0 unspecified atom stereocenters. The zero-order chi connectivity index (χ0) is 17.2. The Morgan fingerprint density at radius 2 is 2.16 bits per heavy atom. The van der Waals surface area contributed by atoms with Gasteiger partial charge in [-0.25, -0.2) is 4.68 Å². The first-order valence-corrected chi connectivity index (χ1v) is 8.21. The molecule has 0 radical (unpaired) electrons. The summed E-state index contributed by atoms with van der Waals surface area (Å²) in [5.74, 6) is -0.00327. The fraction of sp³-hybridized carbons (Fsp3) is 0.278. The lowest BCUT2D eigenvalue weighted by Gasteiger charge is -2.36. The third kappa shape index (κ3) is 2.94. The van der Waals surface area contributed by atoms with Crippen molar-refractivity contribution in [2.24, 2.45) is 7.05 Å². The molecule has 7 heteroatoms. The van der Waals surface area contributed by atoms with Crippen molar-refractivity contribution in [1.29, 1.82) is 0 Å². The van der Waals surface area contributed by atoms with Crippen molar-refractivity contribution >= 4 is 5.91 Å². The summed E-state index contributed by atoms with van der Waals surface area (Å²) in [6, 6.07) is 11.4. The van der Waals surface area contributed by atoms with Gasteiger partial charge in [-0.1, -0.05) is 11.3 Å². The number of carbonyl (C=O) groups is 1. The summed E-state index contributed by atoms with van der Waals surface area (Å²) in [6.45, 7) is 1.63. The molecule has 1 aromatic carbocycles. The predicted molar refractivity (Wildman–Crippen MR) is 91.4 cm³/mol. The molecular weight excluding hydrogens is 318 g/mol. The minimum Gasteiger partial charge on any atom is -0.377 e. The average Bonchev–Trinajstić information content (AvgIpc) is 3.33. The summed E-state index contributed by atoms with van der Waals surface area (Å²) in [4.78, 5) is 15.0. The Morgan fingerprint density at radius 3 is 2.92 bits per heavy atom. The van der Waals surface area contributed by atoms with Crippen molar-refractivity contribution in [3.63, 3.8) is 0 Å². The second-order valence-corrected chi connectivity index (χ2v) is 6.03. The van der Waals surface area contributed by atoms with Gasteiger partial charge in [-0.3, -0.25) is 4.79 Å². The van der Waals surface area contributed by atoms with E-state index in [0.29, 0.717) is 25.3 Å². The third-order valence-corrected chi connectivity index (χ3v) is 4.49. The maximum atomic E-state index is 13.2. The van der Waals surface area contributed by atoms with Gasteiger partial charge >= 0.3 is 0 Å². The van der Waals surface area contributed by atoms with E-state index in [2.05, 4.69) is 10.3 Å². The fourth-order valence-electron chi connectivity index (χ4n) is 3.21. The van der Waals surface area contributed by atoms with Crippen molar-refractivity contribution in [2.75, 3.05) is 19.8 Å². The summed E-state index contributed by atoms with van der Waals surface area (Å²) in [6.07, 6.45) is 5.35. The Kier molecular flexibility index (Phi) is 4.07. The maximum Gasteiger partial charge on any atom is 0.254 e. The SMILES string of the molecule is Cn1cccc1[C@@H]1COCCN1C(=O)c1cccc(-n2ccnn2)c1. The first-order chi connectivity index (χ1) is 12.2. The Balaban J connectivity index is 1.65. The van der Waals surface area contributed by atoms with Crippen LogP contribution in [-0.4, -0.2) is 50.1 Å². The molecule has 0 N–H and O–H groups in total. The van der Waals surface area contributed by atoms with Gasteiger partial charge in [-0.05, 0) is 30.3 Å². The maximum absolute atomic E-state index is 13.2. The molecule has 1 atom stereocenters. The van der Waals surface area contributed by atoms with Crippen LogP contribution in [0.15, 0.2) is 55.0 Å². The number of aromatic nitrogens is 4. The van der Waals surface area contributed by atoms with Gasteiger partial charge in [0.2, 0.25) is 0 Å². The zero-order valence-electron chi connectivity index (χ0n) is 13.9. The van der Waals surface area contributed by atoms with E-state index in [9.17, 15) is 4.79 Å². The Hall–Kier alpha value is -2.93.